The molecule has 0 saturated carbocycles. The van der Waals surface area contributed by atoms with Crippen molar-refractivity contribution in [1.29, 1.82) is 0 Å². The lowest BCUT2D eigenvalue weighted by atomic mass is 10.0. The maximum atomic E-state index is 2.48. The standard InChI is InChI=1S/C23H32N2/c1-5-24(6-2)16-18-9-11-22-20(13-18)15-21-14-19(10-12-23(21)22)17-25(7-3)8-4/h9-14H,5-8,15-17H2,1-4H3. The summed E-state index contributed by atoms with van der Waals surface area (Å²) in [5.41, 5.74) is 8.76. The van der Waals surface area contributed by atoms with Gasteiger partial charge in [-0.3, -0.25) is 9.80 Å². The Morgan fingerprint density at radius 2 is 1.04 bits per heavy atom. The topological polar surface area (TPSA) is 6.48 Å². The lowest BCUT2D eigenvalue weighted by Gasteiger charge is -2.18. The van der Waals surface area contributed by atoms with Crippen LogP contribution in [0.5, 0.6) is 0 Å². The quantitative estimate of drug-likeness (QED) is 0.575. The first-order valence-corrected chi connectivity index (χ1v) is 9.87. The SMILES string of the molecule is CCN(CC)Cc1ccc2c(c1)Cc1cc(CN(CC)CC)ccc1-2. The van der Waals surface area contributed by atoms with E-state index in [1.165, 1.54) is 33.4 Å². The minimum atomic E-state index is 1.06. The third-order valence-corrected chi connectivity index (χ3v) is 5.61. The van der Waals surface area contributed by atoms with Crippen LogP contribution >= 0.6 is 0 Å². The van der Waals surface area contributed by atoms with Crippen LogP contribution in [0.4, 0.5) is 0 Å². The van der Waals surface area contributed by atoms with Crippen molar-refractivity contribution in [2.24, 2.45) is 0 Å². The second-order valence-corrected chi connectivity index (χ2v) is 7.08. The van der Waals surface area contributed by atoms with Crippen LogP contribution in [0.1, 0.15) is 49.9 Å². The van der Waals surface area contributed by atoms with Gasteiger partial charge in [-0.1, -0.05) is 64.1 Å². The van der Waals surface area contributed by atoms with Crippen LogP contribution in [-0.2, 0) is 19.5 Å². The molecule has 1 aliphatic carbocycles. The molecule has 3 rings (SSSR count). The van der Waals surface area contributed by atoms with Crippen LogP contribution in [-0.4, -0.2) is 36.0 Å². The van der Waals surface area contributed by atoms with Gasteiger partial charge in [0.25, 0.3) is 0 Å². The average molecular weight is 337 g/mol. The molecule has 2 aromatic carbocycles. The minimum Gasteiger partial charge on any atom is -0.300 e. The van der Waals surface area contributed by atoms with E-state index >= 15 is 0 Å². The zero-order chi connectivity index (χ0) is 17.8. The molecule has 0 unspecified atom stereocenters. The summed E-state index contributed by atoms with van der Waals surface area (Å²) in [4.78, 5) is 4.96. The number of hydrogen-bond acceptors (Lipinski definition) is 2. The van der Waals surface area contributed by atoms with Gasteiger partial charge in [0.15, 0.2) is 0 Å². The van der Waals surface area contributed by atoms with Gasteiger partial charge in [-0.05, 0) is 66.0 Å². The van der Waals surface area contributed by atoms with Crippen LogP contribution in [0.2, 0.25) is 0 Å². The molecule has 0 aliphatic heterocycles. The van der Waals surface area contributed by atoms with E-state index in [1.807, 2.05) is 0 Å². The van der Waals surface area contributed by atoms with Gasteiger partial charge in [0, 0.05) is 13.1 Å². The van der Waals surface area contributed by atoms with E-state index < -0.39 is 0 Å². The maximum Gasteiger partial charge on any atom is 0.0233 e. The van der Waals surface area contributed by atoms with Crippen LogP contribution in [0.15, 0.2) is 36.4 Å². The van der Waals surface area contributed by atoms with Crippen LogP contribution in [0.3, 0.4) is 0 Å². The van der Waals surface area contributed by atoms with Gasteiger partial charge in [0.2, 0.25) is 0 Å². The predicted octanol–water partition coefficient (Wildman–Crippen LogP) is 4.94. The van der Waals surface area contributed by atoms with E-state index in [0.717, 1.165) is 45.7 Å². The molecule has 0 atom stereocenters. The largest absolute Gasteiger partial charge is 0.300 e. The molecule has 0 N–H and O–H groups in total. The molecule has 0 amide bonds. The summed E-state index contributed by atoms with van der Waals surface area (Å²) in [6.45, 7) is 15.5. The van der Waals surface area contributed by atoms with Gasteiger partial charge in [-0.2, -0.15) is 0 Å². The molecule has 2 aromatic rings. The van der Waals surface area contributed by atoms with Crippen molar-refractivity contribution in [3.63, 3.8) is 0 Å². The summed E-state index contributed by atoms with van der Waals surface area (Å²) in [6.07, 6.45) is 1.09. The van der Waals surface area contributed by atoms with E-state index in [4.69, 9.17) is 0 Å². The third kappa shape index (κ3) is 3.96. The highest BCUT2D eigenvalue weighted by atomic mass is 15.1. The minimum absolute atomic E-state index is 1.06. The first kappa shape index (κ1) is 18.2. The molecule has 0 spiro atoms. The molecule has 2 nitrogen and oxygen atoms in total. The van der Waals surface area contributed by atoms with Crippen LogP contribution in [0, 0.1) is 0 Å². The lowest BCUT2D eigenvalue weighted by Crippen LogP contribution is -2.22. The summed E-state index contributed by atoms with van der Waals surface area (Å²) < 4.78 is 0. The molecule has 0 radical (unpaired) electrons. The molecule has 2 heteroatoms. The van der Waals surface area contributed by atoms with Crippen LogP contribution in [0.25, 0.3) is 11.1 Å². The van der Waals surface area contributed by atoms with Gasteiger partial charge >= 0.3 is 0 Å². The Kier molecular flexibility index (Phi) is 5.93. The Bertz CT molecular complexity index is 651. The molecular weight excluding hydrogens is 304 g/mol. The van der Waals surface area contributed by atoms with Crippen molar-refractivity contribution >= 4 is 0 Å². The van der Waals surface area contributed by atoms with Crippen molar-refractivity contribution < 1.29 is 0 Å². The van der Waals surface area contributed by atoms with E-state index in [2.05, 4.69) is 73.9 Å². The molecular formula is C23H32N2. The van der Waals surface area contributed by atoms with Gasteiger partial charge in [0.1, 0.15) is 0 Å². The number of benzene rings is 2. The van der Waals surface area contributed by atoms with Gasteiger partial charge in [-0.15, -0.1) is 0 Å². The smallest absolute Gasteiger partial charge is 0.0233 e. The molecule has 134 valence electrons. The Morgan fingerprint density at radius 1 is 0.640 bits per heavy atom. The fourth-order valence-electron chi connectivity index (χ4n) is 3.92. The van der Waals surface area contributed by atoms with Crippen molar-refractivity contribution in [3.05, 3.63) is 58.7 Å². The van der Waals surface area contributed by atoms with E-state index in [0.29, 0.717) is 0 Å². The first-order valence-electron chi connectivity index (χ1n) is 9.87. The molecule has 0 heterocycles. The molecule has 25 heavy (non-hydrogen) atoms. The second kappa shape index (κ2) is 8.16. The Labute approximate surface area is 153 Å². The predicted molar refractivity (Wildman–Crippen MR) is 108 cm³/mol. The fourth-order valence-corrected chi connectivity index (χ4v) is 3.92. The molecule has 0 aromatic heterocycles. The summed E-state index contributed by atoms with van der Waals surface area (Å²) in [5, 5.41) is 0. The monoisotopic (exact) mass is 336 g/mol. The number of nitrogens with zero attached hydrogens (tertiary/aromatic N) is 2. The van der Waals surface area contributed by atoms with Crippen LogP contribution < -0.4 is 0 Å². The second-order valence-electron chi connectivity index (χ2n) is 7.08. The average Bonchev–Trinajstić information content (AvgIpc) is 3.00. The van der Waals surface area contributed by atoms with Gasteiger partial charge in [-0.25, -0.2) is 0 Å². The Morgan fingerprint density at radius 3 is 1.40 bits per heavy atom. The summed E-state index contributed by atoms with van der Waals surface area (Å²) >= 11 is 0. The summed E-state index contributed by atoms with van der Waals surface area (Å²) in [7, 11) is 0. The zero-order valence-electron chi connectivity index (χ0n) is 16.3. The maximum absolute atomic E-state index is 2.48. The fraction of sp³-hybridized carbons (Fsp3) is 0.478. The van der Waals surface area contributed by atoms with E-state index in [1.54, 1.807) is 0 Å². The Balaban J connectivity index is 1.79. The summed E-state index contributed by atoms with van der Waals surface area (Å²) in [5.74, 6) is 0. The number of rotatable bonds is 8. The molecule has 0 saturated heterocycles. The highest BCUT2D eigenvalue weighted by Gasteiger charge is 2.19. The highest BCUT2D eigenvalue weighted by molar-refractivity contribution is 5.77. The number of hydrogen-bond donors (Lipinski definition) is 0. The summed E-state index contributed by atoms with van der Waals surface area (Å²) in [6, 6.07) is 14.2. The number of fused-ring (bicyclic) bond motifs is 3. The van der Waals surface area contributed by atoms with Crippen molar-refractivity contribution in [2.45, 2.75) is 47.2 Å². The van der Waals surface area contributed by atoms with Crippen molar-refractivity contribution in [1.82, 2.24) is 9.80 Å². The molecule has 1 aliphatic rings. The molecule has 0 bridgehead atoms. The van der Waals surface area contributed by atoms with E-state index in [-0.39, 0.29) is 0 Å². The van der Waals surface area contributed by atoms with Crippen molar-refractivity contribution in [3.8, 4) is 11.1 Å². The normalized spacial score (nSPS) is 12.7. The van der Waals surface area contributed by atoms with Gasteiger partial charge < -0.3 is 0 Å². The zero-order valence-corrected chi connectivity index (χ0v) is 16.3. The first-order chi connectivity index (χ1) is 12.2. The Hall–Kier alpha value is -1.64. The highest BCUT2D eigenvalue weighted by Crippen LogP contribution is 2.37. The van der Waals surface area contributed by atoms with Crippen molar-refractivity contribution in [2.75, 3.05) is 26.2 Å². The lowest BCUT2D eigenvalue weighted by molar-refractivity contribution is 0.296. The van der Waals surface area contributed by atoms with Gasteiger partial charge in [0.05, 0.1) is 0 Å². The third-order valence-electron chi connectivity index (χ3n) is 5.61. The molecule has 0 fully saturated rings. The van der Waals surface area contributed by atoms with E-state index in [9.17, 15) is 0 Å².